The van der Waals surface area contributed by atoms with Crippen molar-refractivity contribution in [3.8, 4) is 5.75 Å². The van der Waals surface area contributed by atoms with Gasteiger partial charge in [0.2, 0.25) is 0 Å². The minimum absolute atomic E-state index is 0.0999. The number of thioether (sulfide) groups is 1. The number of hydrogen-bond donors (Lipinski definition) is 0. The van der Waals surface area contributed by atoms with Gasteiger partial charge in [-0.15, -0.1) is 0 Å². The number of rotatable bonds is 3. The van der Waals surface area contributed by atoms with Gasteiger partial charge in [-0.3, -0.25) is 4.79 Å². The predicted molar refractivity (Wildman–Crippen MR) is 91.0 cm³/mol. The molecule has 2 aliphatic heterocycles. The van der Waals surface area contributed by atoms with Gasteiger partial charge in [0, 0.05) is 18.7 Å². The quantitative estimate of drug-likeness (QED) is 0.800. The van der Waals surface area contributed by atoms with Crippen molar-refractivity contribution < 1.29 is 9.53 Å². The topological polar surface area (TPSA) is 41.9 Å². The van der Waals surface area contributed by atoms with Crippen LogP contribution in [0.2, 0.25) is 0 Å². The molecule has 1 aromatic carbocycles. The summed E-state index contributed by atoms with van der Waals surface area (Å²) in [6.07, 6.45) is 4.34. The molecule has 0 aliphatic carbocycles. The Labute approximate surface area is 135 Å². The molecule has 0 saturated carbocycles. The molecule has 0 unspecified atom stereocenters. The van der Waals surface area contributed by atoms with Crippen LogP contribution in [-0.2, 0) is 4.79 Å². The monoisotopic (exact) mass is 316 g/mol. The highest BCUT2D eigenvalue weighted by Gasteiger charge is 2.27. The Kier molecular flexibility index (Phi) is 4.52. The fourth-order valence-electron chi connectivity index (χ4n) is 2.54. The van der Waals surface area contributed by atoms with Crippen molar-refractivity contribution in [2.45, 2.75) is 32.8 Å². The zero-order valence-electron chi connectivity index (χ0n) is 12.9. The maximum absolute atomic E-state index is 12.1. The van der Waals surface area contributed by atoms with Crippen LogP contribution in [0.25, 0.3) is 6.08 Å². The SMILES string of the molecule is CC(C)Oc1ccccc1C=C1SC(N2CCCC2)=NC1=O. The first-order chi connectivity index (χ1) is 10.6. The molecule has 0 aromatic heterocycles. The first-order valence-electron chi connectivity index (χ1n) is 7.66. The van der Waals surface area contributed by atoms with Crippen molar-refractivity contribution in [3.63, 3.8) is 0 Å². The molecule has 1 saturated heterocycles. The summed E-state index contributed by atoms with van der Waals surface area (Å²) in [6, 6.07) is 7.78. The molecule has 0 N–H and O–H groups in total. The summed E-state index contributed by atoms with van der Waals surface area (Å²) in [6.45, 7) is 5.99. The number of amides is 1. The van der Waals surface area contributed by atoms with Crippen molar-refractivity contribution >= 4 is 28.9 Å². The van der Waals surface area contributed by atoms with Crippen LogP contribution in [0.15, 0.2) is 34.2 Å². The van der Waals surface area contributed by atoms with E-state index in [1.807, 2.05) is 44.2 Å². The number of likely N-dealkylation sites (tertiary alicyclic amines) is 1. The van der Waals surface area contributed by atoms with Crippen LogP contribution in [0.4, 0.5) is 0 Å². The molecule has 1 amide bonds. The van der Waals surface area contributed by atoms with Gasteiger partial charge in [0.05, 0.1) is 11.0 Å². The number of hydrogen-bond acceptors (Lipinski definition) is 4. The summed E-state index contributed by atoms with van der Waals surface area (Å²) in [5, 5.41) is 0.844. The zero-order chi connectivity index (χ0) is 15.5. The summed E-state index contributed by atoms with van der Waals surface area (Å²) in [4.78, 5) is 19.2. The standard InChI is InChI=1S/C17H20N2O2S/c1-12(2)21-14-8-4-3-7-13(14)11-15-16(20)18-17(22-15)19-9-5-6-10-19/h3-4,7-8,11-12H,5-6,9-10H2,1-2H3. The van der Waals surface area contributed by atoms with E-state index in [1.165, 1.54) is 24.6 Å². The van der Waals surface area contributed by atoms with Gasteiger partial charge in [-0.25, -0.2) is 0 Å². The molecule has 0 spiro atoms. The smallest absolute Gasteiger partial charge is 0.286 e. The number of carbonyl (C=O) groups excluding carboxylic acids is 1. The highest BCUT2D eigenvalue weighted by molar-refractivity contribution is 8.18. The molecule has 1 fully saturated rings. The Morgan fingerprint density at radius 1 is 1.27 bits per heavy atom. The number of benzene rings is 1. The van der Waals surface area contributed by atoms with E-state index in [2.05, 4.69) is 9.89 Å². The largest absolute Gasteiger partial charge is 0.490 e. The van der Waals surface area contributed by atoms with E-state index in [-0.39, 0.29) is 12.0 Å². The van der Waals surface area contributed by atoms with Crippen LogP contribution in [0.1, 0.15) is 32.3 Å². The molecule has 0 atom stereocenters. The highest BCUT2D eigenvalue weighted by atomic mass is 32.2. The first kappa shape index (κ1) is 15.2. The summed E-state index contributed by atoms with van der Waals surface area (Å²) < 4.78 is 5.80. The lowest BCUT2D eigenvalue weighted by molar-refractivity contribution is -0.113. The van der Waals surface area contributed by atoms with E-state index in [4.69, 9.17) is 4.74 Å². The number of amidine groups is 1. The third-order valence-corrected chi connectivity index (χ3v) is 4.60. The van der Waals surface area contributed by atoms with Gasteiger partial charge in [0.1, 0.15) is 5.75 Å². The number of carbonyl (C=O) groups is 1. The molecule has 4 nitrogen and oxygen atoms in total. The van der Waals surface area contributed by atoms with Crippen LogP contribution in [0.3, 0.4) is 0 Å². The van der Waals surface area contributed by atoms with Gasteiger partial charge in [-0.2, -0.15) is 4.99 Å². The number of aliphatic imine (C=N–C) groups is 1. The first-order valence-corrected chi connectivity index (χ1v) is 8.48. The number of para-hydroxylation sites is 1. The molecule has 1 aromatic rings. The third-order valence-electron chi connectivity index (χ3n) is 3.55. The zero-order valence-corrected chi connectivity index (χ0v) is 13.7. The van der Waals surface area contributed by atoms with Gasteiger partial charge in [0.25, 0.3) is 5.91 Å². The molecular formula is C17H20N2O2S. The van der Waals surface area contributed by atoms with Crippen LogP contribution >= 0.6 is 11.8 Å². The normalized spacial score (nSPS) is 20.1. The van der Waals surface area contributed by atoms with Crippen LogP contribution in [0, 0.1) is 0 Å². The summed E-state index contributed by atoms with van der Waals surface area (Å²) in [5.74, 6) is 0.652. The van der Waals surface area contributed by atoms with Crippen LogP contribution in [0.5, 0.6) is 5.75 Å². The highest BCUT2D eigenvalue weighted by Crippen LogP contribution is 2.33. The molecule has 22 heavy (non-hydrogen) atoms. The third kappa shape index (κ3) is 3.35. The molecule has 3 rings (SSSR count). The Bertz CT molecular complexity index is 631. The van der Waals surface area contributed by atoms with Crippen molar-refractivity contribution in [2.24, 2.45) is 4.99 Å². The molecule has 2 heterocycles. The van der Waals surface area contributed by atoms with Gasteiger partial charge in [-0.05, 0) is 50.6 Å². The number of nitrogens with zero attached hydrogens (tertiary/aromatic N) is 2. The fourth-order valence-corrected chi connectivity index (χ4v) is 3.50. The molecule has 5 heteroatoms. The van der Waals surface area contributed by atoms with E-state index < -0.39 is 0 Å². The van der Waals surface area contributed by atoms with Gasteiger partial charge in [-0.1, -0.05) is 18.2 Å². The molecular weight excluding hydrogens is 296 g/mol. The lowest BCUT2D eigenvalue weighted by atomic mass is 10.2. The lowest BCUT2D eigenvalue weighted by Gasteiger charge is -2.15. The van der Waals surface area contributed by atoms with Crippen molar-refractivity contribution in [3.05, 3.63) is 34.7 Å². The Hall–Kier alpha value is -1.75. The predicted octanol–water partition coefficient (Wildman–Crippen LogP) is 3.54. The van der Waals surface area contributed by atoms with Crippen molar-refractivity contribution in [2.75, 3.05) is 13.1 Å². The number of ether oxygens (including phenoxy) is 1. The van der Waals surface area contributed by atoms with Crippen molar-refractivity contribution in [1.29, 1.82) is 0 Å². The van der Waals surface area contributed by atoms with Gasteiger partial charge >= 0.3 is 0 Å². The second-order valence-corrected chi connectivity index (χ2v) is 6.72. The maximum Gasteiger partial charge on any atom is 0.286 e. The summed E-state index contributed by atoms with van der Waals surface area (Å²) in [7, 11) is 0. The average molecular weight is 316 g/mol. The van der Waals surface area contributed by atoms with Gasteiger partial charge < -0.3 is 9.64 Å². The second-order valence-electron chi connectivity index (χ2n) is 5.71. The van der Waals surface area contributed by atoms with E-state index in [0.29, 0.717) is 4.91 Å². The summed E-state index contributed by atoms with van der Waals surface area (Å²) in [5.41, 5.74) is 0.921. The van der Waals surface area contributed by atoms with E-state index >= 15 is 0 Å². The molecule has 0 radical (unpaired) electrons. The van der Waals surface area contributed by atoms with Gasteiger partial charge in [0.15, 0.2) is 5.17 Å². The molecule has 116 valence electrons. The molecule has 0 bridgehead atoms. The Morgan fingerprint density at radius 3 is 2.73 bits per heavy atom. The molecule has 2 aliphatic rings. The van der Waals surface area contributed by atoms with Crippen molar-refractivity contribution in [1.82, 2.24) is 4.90 Å². The minimum Gasteiger partial charge on any atom is -0.490 e. The lowest BCUT2D eigenvalue weighted by Crippen LogP contribution is -2.23. The van der Waals surface area contributed by atoms with E-state index in [9.17, 15) is 4.79 Å². The summed E-state index contributed by atoms with van der Waals surface area (Å²) >= 11 is 1.47. The Balaban J connectivity index is 1.80. The second kappa shape index (κ2) is 6.57. The Morgan fingerprint density at radius 2 is 2.00 bits per heavy atom. The minimum atomic E-state index is -0.147. The average Bonchev–Trinajstić information content (AvgIpc) is 3.11. The maximum atomic E-state index is 12.1. The van der Waals surface area contributed by atoms with E-state index in [1.54, 1.807) is 0 Å². The van der Waals surface area contributed by atoms with Crippen LogP contribution in [-0.4, -0.2) is 35.2 Å². The van der Waals surface area contributed by atoms with Crippen LogP contribution < -0.4 is 4.74 Å². The van der Waals surface area contributed by atoms with E-state index in [0.717, 1.165) is 29.6 Å². The fraction of sp³-hybridized carbons (Fsp3) is 0.412.